The summed E-state index contributed by atoms with van der Waals surface area (Å²) in [6, 6.07) is 17.0. The van der Waals surface area contributed by atoms with Gasteiger partial charge in [0, 0.05) is 25.4 Å². The highest BCUT2D eigenvalue weighted by atomic mass is 35.5. The van der Waals surface area contributed by atoms with Gasteiger partial charge in [-0.15, -0.1) is 12.4 Å². The Hall–Kier alpha value is -2.24. The molecule has 1 saturated heterocycles. The zero-order valence-electron chi connectivity index (χ0n) is 26.5. The first-order valence-electron chi connectivity index (χ1n) is 16.3. The van der Waals surface area contributed by atoms with Crippen LogP contribution in [0, 0.1) is 0 Å². The second-order valence-corrected chi connectivity index (χ2v) is 11.8. The number of likely N-dealkylation sites (N-methyl/N-ethyl adjacent to an activating group) is 1. The van der Waals surface area contributed by atoms with Crippen molar-refractivity contribution in [1.29, 1.82) is 0 Å². The number of nitrogens with zero attached hydrogens (tertiary/aromatic N) is 1. The van der Waals surface area contributed by atoms with Crippen LogP contribution < -0.4 is 9.47 Å². The lowest BCUT2D eigenvalue weighted by molar-refractivity contribution is -0.148. The van der Waals surface area contributed by atoms with Crippen LogP contribution in [0.5, 0.6) is 11.5 Å². The van der Waals surface area contributed by atoms with Gasteiger partial charge >= 0.3 is 5.97 Å². The van der Waals surface area contributed by atoms with Crippen LogP contribution >= 0.6 is 12.4 Å². The van der Waals surface area contributed by atoms with E-state index in [1.54, 1.807) is 7.11 Å². The average molecular weight is 602 g/mol. The monoisotopic (exact) mass is 601 g/mol. The van der Waals surface area contributed by atoms with Crippen LogP contribution in [-0.2, 0) is 22.4 Å². The summed E-state index contributed by atoms with van der Waals surface area (Å²) >= 11 is 0. The molecule has 2 atom stereocenters. The van der Waals surface area contributed by atoms with E-state index in [2.05, 4.69) is 49.2 Å². The van der Waals surface area contributed by atoms with Crippen LogP contribution in [0.4, 0.5) is 0 Å². The molecule has 0 amide bonds. The van der Waals surface area contributed by atoms with Crippen LogP contribution in [0.25, 0.3) is 0 Å². The van der Waals surface area contributed by atoms with Crippen molar-refractivity contribution in [3.05, 3.63) is 59.7 Å². The third kappa shape index (κ3) is 13.8. The Morgan fingerprint density at radius 1 is 0.881 bits per heavy atom. The lowest BCUT2D eigenvalue weighted by Crippen LogP contribution is -2.27. The highest BCUT2D eigenvalue weighted by Crippen LogP contribution is 2.25. The average Bonchev–Trinajstić information content (AvgIpc) is 3.33. The highest BCUT2D eigenvalue weighted by molar-refractivity contribution is 5.85. The smallest absolute Gasteiger partial charge is 0.306 e. The van der Waals surface area contributed by atoms with Crippen LogP contribution in [0.2, 0.25) is 0 Å². The molecule has 0 aromatic heterocycles. The first-order valence-corrected chi connectivity index (χ1v) is 16.3. The van der Waals surface area contributed by atoms with Crippen molar-refractivity contribution < 1.29 is 19.0 Å². The summed E-state index contributed by atoms with van der Waals surface area (Å²) < 4.78 is 17.5. The van der Waals surface area contributed by atoms with Crippen LogP contribution in [-0.4, -0.2) is 50.3 Å². The van der Waals surface area contributed by atoms with E-state index >= 15 is 0 Å². The molecule has 6 heteroatoms. The number of likely N-dealkylation sites (tertiary alicyclic amines) is 1. The van der Waals surface area contributed by atoms with Crippen molar-refractivity contribution in [3.8, 4) is 11.5 Å². The molecule has 0 saturated carbocycles. The summed E-state index contributed by atoms with van der Waals surface area (Å²) in [4.78, 5) is 14.8. The van der Waals surface area contributed by atoms with Crippen molar-refractivity contribution in [3.63, 3.8) is 0 Å². The zero-order valence-corrected chi connectivity index (χ0v) is 27.3. The summed E-state index contributed by atoms with van der Waals surface area (Å²) in [7, 11) is 3.83. The first kappa shape index (κ1) is 36.0. The van der Waals surface area contributed by atoms with E-state index in [0.717, 1.165) is 56.6 Å². The minimum absolute atomic E-state index is 0. The summed E-state index contributed by atoms with van der Waals surface area (Å²) in [5.41, 5.74) is 2.49. The van der Waals surface area contributed by atoms with Gasteiger partial charge in [0.05, 0.1) is 13.7 Å². The molecular formula is C36H56ClNO4. The van der Waals surface area contributed by atoms with E-state index < -0.39 is 0 Å². The molecular weight excluding hydrogens is 546 g/mol. The van der Waals surface area contributed by atoms with Gasteiger partial charge < -0.3 is 14.2 Å². The Balaban J connectivity index is 0.00000616. The Kier molecular flexibility index (Phi) is 18.4. The molecule has 1 heterocycles. The number of para-hydroxylation sites is 1. The maximum absolute atomic E-state index is 12.4. The number of halogens is 1. The van der Waals surface area contributed by atoms with Crippen LogP contribution in [0.15, 0.2) is 48.5 Å². The minimum Gasteiger partial charge on any atom is -0.497 e. The third-order valence-corrected chi connectivity index (χ3v) is 8.43. The van der Waals surface area contributed by atoms with Gasteiger partial charge in [-0.25, -0.2) is 0 Å². The second kappa shape index (κ2) is 21.4. The van der Waals surface area contributed by atoms with Crippen molar-refractivity contribution in [2.24, 2.45) is 0 Å². The topological polar surface area (TPSA) is 48.0 Å². The third-order valence-electron chi connectivity index (χ3n) is 8.43. The second-order valence-electron chi connectivity index (χ2n) is 11.8. The quantitative estimate of drug-likeness (QED) is 0.106. The molecule has 2 aromatic carbocycles. The Bertz CT molecular complexity index is 1000. The van der Waals surface area contributed by atoms with E-state index in [1.807, 2.05) is 18.2 Å². The van der Waals surface area contributed by atoms with Gasteiger partial charge in [0.2, 0.25) is 0 Å². The molecule has 3 rings (SSSR count). The molecule has 0 aliphatic carbocycles. The van der Waals surface area contributed by atoms with E-state index in [9.17, 15) is 4.79 Å². The van der Waals surface area contributed by atoms with Gasteiger partial charge in [0.15, 0.2) is 0 Å². The molecule has 1 aliphatic heterocycles. The van der Waals surface area contributed by atoms with Gasteiger partial charge in [0.25, 0.3) is 0 Å². The number of carbonyl (C=O) groups is 1. The number of hydrogen-bond acceptors (Lipinski definition) is 5. The molecule has 0 radical (unpaired) electrons. The Morgan fingerprint density at radius 3 is 2.29 bits per heavy atom. The normalized spacial score (nSPS) is 16.6. The maximum atomic E-state index is 12.4. The number of benzene rings is 2. The number of esters is 1. The number of carbonyl (C=O) groups excluding carboxylic acids is 1. The summed E-state index contributed by atoms with van der Waals surface area (Å²) in [6.45, 7) is 3.74. The molecule has 0 spiro atoms. The number of hydrogen-bond donors (Lipinski definition) is 0. The first-order chi connectivity index (χ1) is 20.1. The molecule has 1 fully saturated rings. The minimum atomic E-state index is -0.0267. The van der Waals surface area contributed by atoms with Gasteiger partial charge in [-0.1, -0.05) is 101 Å². The Labute approximate surface area is 262 Å². The van der Waals surface area contributed by atoms with Crippen molar-refractivity contribution in [2.75, 3.05) is 27.3 Å². The number of methoxy groups -OCH3 is 1. The largest absolute Gasteiger partial charge is 0.497 e. The van der Waals surface area contributed by atoms with E-state index in [-0.39, 0.29) is 24.5 Å². The molecule has 2 aromatic rings. The molecule has 0 unspecified atom stereocenters. The fraction of sp³-hybridized carbons (Fsp3) is 0.639. The van der Waals surface area contributed by atoms with Crippen molar-refractivity contribution in [1.82, 2.24) is 4.90 Å². The number of unbranched alkanes of at least 4 members (excludes halogenated alkanes) is 10. The zero-order chi connectivity index (χ0) is 29.1. The molecule has 236 valence electrons. The Morgan fingerprint density at radius 2 is 1.57 bits per heavy atom. The number of aryl methyl sites for hydroxylation is 2. The predicted octanol–water partition coefficient (Wildman–Crippen LogP) is 8.99. The van der Waals surface area contributed by atoms with E-state index in [1.165, 1.54) is 68.9 Å². The standard InChI is InChI=1S/C36H55NO4.ClH/c1-4-5-6-7-8-9-10-11-12-13-14-22-36(38)41-34-28-32(37(2)29-34)25-26-40-35-21-16-15-19-31(35)24-23-30-18-17-20-33(27-30)39-3;/h15-21,27,32,34H,4-14,22-26,28-29H2,1-3H3;1H/t32-,34-;/m1./s1. The predicted molar refractivity (Wildman–Crippen MR) is 176 cm³/mol. The van der Waals surface area contributed by atoms with Crippen LogP contribution in [0.3, 0.4) is 0 Å². The maximum Gasteiger partial charge on any atom is 0.306 e. The fourth-order valence-corrected chi connectivity index (χ4v) is 5.89. The number of ether oxygens (including phenoxy) is 3. The lowest BCUT2D eigenvalue weighted by atomic mass is 10.0. The van der Waals surface area contributed by atoms with E-state index in [4.69, 9.17) is 14.2 Å². The summed E-state index contributed by atoms with van der Waals surface area (Å²) in [6.07, 6.45) is 18.4. The highest BCUT2D eigenvalue weighted by Gasteiger charge is 2.31. The number of rotatable bonds is 21. The van der Waals surface area contributed by atoms with Gasteiger partial charge in [0.1, 0.15) is 17.6 Å². The van der Waals surface area contributed by atoms with Gasteiger partial charge in [-0.2, -0.15) is 0 Å². The molecule has 1 aliphatic rings. The fourth-order valence-electron chi connectivity index (χ4n) is 5.89. The van der Waals surface area contributed by atoms with Gasteiger partial charge in [-0.05, 0) is 62.1 Å². The molecule has 5 nitrogen and oxygen atoms in total. The van der Waals surface area contributed by atoms with Crippen molar-refractivity contribution >= 4 is 18.4 Å². The molecule has 0 N–H and O–H groups in total. The van der Waals surface area contributed by atoms with Crippen molar-refractivity contribution in [2.45, 2.75) is 122 Å². The molecule has 42 heavy (non-hydrogen) atoms. The van der Waals surface area contributed by atoms with Crippen LogP contribution in [0.1, 0.15) is 108 Å². The lowest BCUT2D eigenvalue weighted by Gasteiger charge is -2.19. The van der Waals surface area contributed by atoms with Gasteiger partial charge in [-0.3, -0.25) is 9.69 Å². The summed E-state index contributed by atoms with van der Waals surface area (Å²) in [5, 5.41) is 0. The van der Waals surface area contributed by atoms with E-state index in [0.29, 0.717) is 19.1 Å². The SMILES string of the molecule is CCCCCCCCCCCCCC(=O)O[C@@H]1C[C@@H](CCOc2ccccc2CCc2cccc(OC)c2)N(C)C1.Cl. The summed E-state index contributed by atoms with van der Waals surface area (Å²) in [5.74, 6) is 1.83. The molecule has 0 bridgehead atoms.